The fourth-order valence-corrected chi connectivity index (χ4v) is 3.17. The number of H-pyrrole nitrogens is 1. The van der Waals surface area contributed by atoms with Crippen molar-refractivity contribution in [3.05, 3.63) is 48.7 Å². The van der Waals surface area contributed by atoms with Crippen molar-refractivity contribution in [1.82, 2.24) is 15.2 Å². The quantitative estimate of drug-likeness (QED) is 0.817. The van der Waals surface area contributed by atoms with Crippen molar-refractivity contribution >= 4 is 10.9 Å². The van der Waals surface area contributed by atoms with Gasteiger partial charge in [0.2, 0.25) is 0 Å². The molecule has 1 saturated heterocycles. The summed E-state index contributed by atoms with van der Waals surface area (Å²) in [7, 11) is 0. The molecule has 2 aromatic rings. The van der Waals surface area contributed by atoms with Crippen molar-refractivity contribution in [2.75, 3.05) is 26.2 Å². The Morgan fingerprint density at radius 3 is 2.85 bits per heavy atom. The van der Waals surface area contributed by atoms with Crippen LogP contribution >= 0.6 is 0 Å². The number of rotatable bonds is 5. The van der Waals surface area contributed by atoms with Gasteiger partial charge in [-0.25, -0.2) is 0 Å². The number of allylic oxidation sites excluding steroid dienone is 1. The van der Waals surface area contributed by atoms with Crippen LogP contribution in [-0.2, 0) is 0 Å². The van der Waals surface area contributed by atoms with E-state index < -0.39 is 0 Å². The fourth-order valence-electron chi connectivity index (χ4n) is 3.17. The van der Waals surface area contributed by atoms with Crippen LogP contribution in [-0.4, -0.2) is 36.1 Å². The molecule has 2 heterocycles. The molecule has 0 unspecified atom stereocenters. The molecule has 20 heavy (non-hydrogen) atoms. The molecule has 106 valence electrons. The summed E-state index contributed by atoms with van der Waals surface area (Å²) in [6, 6.07) is 9.09. The molecule has 1 aromatic heterocycles. The Morgan fingerprint density at radius 1 is 1.25 bits per heavy atom. The first-order chi connectivity index (χ1) is 9.90. The van der Waals surface area contributed by atoms with Crippen molar-refractivity contribution in [2.45, 2.75) is 18.9 Å². The van der Waals surface area contributed by atoms with Gasteiger partial charge in [-0.2, -0.15) is 0 Å². The molecular formula is C17H23N3. The molecule has 1 aromatic carbocycles. The van der Waals surface area contributed by atoms with Crippen molar-refractivity contribution < 1.29 is 0 Å². The first kappa shape index (κ1) is 13.4. The van der Waals surface area contributed by atoms with Crippen LogP contribution in [0.4, 0.5) is 0 Å². The minimum atomic E-state index is 0.492. The molecule has 0 aliphatic carbocycles. The van der Waals surface area contributed by atoms with Crippen LogP contribution in [0.1, 0.15) is 24.4 Å². The summed E-state index contributed by atoms with van der Waals surface area (Å²) in [5.74, 6) is 0. The lowest BCUT2D eigenvalue weighted by Gasteiger charge is -2.35. The minimum absolute atomic E-state index is 0.492. The van der Waals surface area contributed by atoms with E-state index in [9.17, 15) is 0 Å². The smallest absolute Gasteiger partial charge is 0.0457 e. The van der Waals surface area contributed by atoms with E-state index in [0.29, 0.717) is 6.04 Å². The van der Waals surface area contributed by atoms with Gasteiger partial charge in [0, 0.05) is 49.3 Å². The van der Waals surface area contributed by atoms with Gasteiger partial charge < -0.3 is 10.3 Å². The molecule has 0 radical (unpaired) electrons. The predicted octanol–water partition coefficient (Wildman–Crippen LogP) is 3.08. The molecule has 3 heteroatoms. The fraction of sp³-hybridized carbons (Fsp3) is 0.412. The van der Waals surface area contributed by atoms with Gasteiger partial charge in [0.05, 0.1) is 0 Å². The Balaban J connectivity index is 1.92. The van der Waals surface area contributed by atoms with Gasteiger partial charge in [0.15, 0.2) is 0 Å². The van der Waals surface area contributed by atoms with Crippen molar-refractivity contribution in [2.24, 2.45) is 0 Å². The van der Waals surface area contributed by atoms with Gasteiger partial charge >= 0.3 is 0 Å². The van der Waals surface area contributed by atoms with Gasteiger partial charge in [-0.3, -0.25) is 4.90 Å². The van der Waals surface area contributed by atoms with E-state index >= 15 is 0 Å². The molecule has 3 rings (SSSR count). The monoisotopic (exact) mass is 269 g/mol. The van der Waals surface area contributed by atoms with Crippen LogP contribution in [0.3, 0.4) is 0 Å². The first-order valence-corrected chi connectivity index (χ1v) is 7.52. The Kier molecular flexibility index (Phi) is 4.19. The van der Waals surface area contributed by atoms with E-state index in [4.69, 9.17) is 0 Å². The number of hydrogen-bond donors (Lipinski definition) is 2. The maximum atomic E-state index is 3.88. The summed E-state index contributed by atoms with van der Waals surface area (Å²) >= 11 is 0. The topological polar surface area (TPSA) is 31.1 Å². The van der Waals surface area contributed by atoms with Gasteiger partial charge in [0.25, 0.3) is 0 Å². The van der Waals surface area contributed by atoms with Gasteiger partial charge in [-0.15, -0.1) is 6.58 Å². The molecule has 3 nitrogen and oxygen atoms in total. The lowest BCUT2D eigenvalue weighted by atomic mass is 9.99. The second-order valence-electron chi connectivity index (χ2n) is 5.46. The van der Waals surface area contributed by atoms with Gasteiger partial charge in [-0.1, -0.05) is 24.3 Å². The van der Waals surface area contributed by atoms with E-state index in [1.54, 1.807) is 0 Å². The predicted molar refractivity (Wildman–Crippen MR) is 84.9 cm³/mol. The van der Waals surface area contributed by atoms with Crippen LogP contribution in [0.2, 0.25) is 0 Å². The Hall–Kier alpha value is -1.58. The van der Waals surface area contributed by atoms with Gasteiger partial charge in [-0.05, 0) is 24.5 Å². The Morgan fingerprint density at radius 2 is 2.05 bits per heavy atom. The molecule has 0 bridgehead atoms. The first-order valence-electron chi connectivity index (χ1n) is 7.52. The highest BCUT2D eigenvalue weighted by molar-refractivity contribution is 5.83. The lowest BCUT2D eigenvalue weighted by molar-refractivity contribution is 0.167. The summed E-state index contributed by atoms with van der Waals surface area (Å²) in [6.45, 7) is 8.32. The maximum Gasteiger partial charge on any atom is 0.0457 e. The average molecular weight is 269 g/mol. The van der Waals surface area contributed by atoms with Crippen molar-refractivity contribution in [3.8, 4) is 0 Å². The molecule has 0 amide bonds. The molecule has 1 aliphatic heterocycles. The zero-order valence-electron chi connectivity index (χ0n) is 11.9. The van der Waals surface area contributed by atoms with Crippen LogP contribution < -0.4 is 5.32 Å². The number of nitrogens with zero attached hydrogens (tertiary/aromatic N) is 1. The summed E-state index contributed by atoms with van der Waals surface area (Å²) in [5, 5.41) is 4.80. The molecule has 1 aliphatic rings. The number of aromatic nitrogens is 1. The summed E-state index contributed by atoms with van der Waals surface area (Å²) in [6.07, 6.45) is 6.43. The normalized spacial score (nSPS) is 18.2. The zero-order valence-corrected chi connectivity index (χ0v) is 11.9. The second kappa shape index (κ2) is 6.25. The summed E-state index contributed by atoms with van der Waals surface area (Å²) < 4.78 is 0. The Bertz CT molecular complexity index is 566. The number of fused-ring (bicyclic) bond motifs is 1. The van der Waals surface area contributed by atoms with E-state index in [2.05, 4.69) is 52.2 Å². The third-order valence-corrected chi connectivity index (χ3v) is 4.22. The van der Waals surface area contributed by atoms with Crippen LogP contribution in [0.5, 0.6) is 0 Å². The minimum Gasteiger partial charge on any atom is -0.361 e. The molecule has 1 fully saturated rings. The summed E-state index contributed by atoms with van der Waals surface area (Å²) in [5.41, 5.74) is 2.67. The lowest BCUT2D eigenvalue weighted by Crippen LogP contribution is -2.45. The number of hydrogen-bond acceptors (Lipinski definition) is 2. The van der Waals surface area contributed by atoms with Gasteiger partial charge in [0.1, 0.15) is 0 Å². The molecular weight excluding hydrogens is 246 g/mol. The van der Waals surface area contributed by atoms with Crippen molar-refractivity contribution in [1.29, 1.82) is 0 Å². The van der Waals surface area contributed by atoms with Crippen LogP contribution in [0.25, 0.3) is 10.9 Å². The number of piperazine rings is 1. The number of nitrogens with one attached hydrogen (secondary N) is 2. The van der Waals surface area contributed by atoms with Crippen LogP contribution in [0, 0.1) is 0 Å². The molecule has 0 spiro atoms. The number of para-hydroxylation sites is 1. The SMILES string of the molecule is C=CCC[C@@H](c1c[nH]c2ccccc12)N1CCNCC1. The second-order valence-corrected chi connectivity index (χ2v) is 5.46. The number of aromatic amines is 1. The van der Waals surface area contributed by atoms with E-state index in [1.807, 2.05) is 6.08 Å². The molecule has 1 atom stereocenters. The van der Waals surface area contributed by atoms with E-state index in [0.717, 1.165) is 39.0 Å². The number of benzene rings is 1. The van der Waals surface area contributed by atoms with E-state index in [-0.39, 0.29) is 0 Å². The molecule has 2 N–H and O–H groups in total. The van der Waals surface area contributed by atoms with E-state index in [1.165, 1.54) is 16.5 Å². The average Bonchev–Trinajstić information content (AvgIpc) is 2.93. The highest BCUT2D eigenvalue weighted by Gasteiger charge is 2.23. The third-order valence-electron chi connectivity index (χ3n) is 4.22. The van der Waals surface area contributed by atoms with Crippen LogP contribution in [0.15, 0.2) is 43.1 Å². The largest absolute Gasteiger partial charge is 0.361 e. The summed E-state index contributed by atoms with van der Waals surface area (Å²) in [4.78, 5) is 6.02. The Labute approximate surface area is 120 Å². The molecule has 0 saturated carbocycles. The standard InChI is InChI=1S/C17H23N3/c1-2-3-8-17(20-11-9-18-10-12-20)15-13-19-16-7-5-4-6-14(15)16/h2,4-7,13,17-19H,1,3,8-12H2/t17-/m0/s1. The highest BCUT2D eigenvalue weighted by Crippen LogP contribution is 2.31. The maximum absolute atomic E-state index is 3.88. The highest BCUT2D eigenvalue weighted by atomic mass is 15.2. The zero-order chi connectivity index (χ0) is 13.8. The third kappa shape index (κ3) is 2.65. The van der Waals surface area contributed by atoms with Crippen molar-refractivity contribution in [3.63, 3.8) is 0 Å².